The molecule has 0 amide bonds. The van der Waals surface area contributed by atoms with Crippen molar-refractivity contribution in [2.75, 3.05) is 6.54 Å². The molecule has 0 aliphatic heterocycles. The van der Waals surface area contributed by atoms with E-state index in [-0.39, 0.29) is 17.0 Å². The number of aliphatic hydroxyl groups excluding tert-OH is 1. The first-order chi connectivity index (χ1) is 9.07. The van der Waals surface area contributed by atoms with E-state index < -0.39 is 16.1 Å². The molecule has 1 rings (SSSR count). The SMILES string of the molecule is CCC(C)(C)CC(O)CNS(=O)(=O)c1cn(C)c(C)n1. The van der Waals surface area contributed by atoms with Gasteiger partial charge < -0.3 is 9.67 Å². The van der Waals surface area contributed by atoms with Gasteiger partial charge in [0.15, 0.2) is 5.03 Å². The second-order valence-corrected chi connectivity index (χ2v) is 7.68. The number of rotatable bonds is 7. The summed E-state index contributed by atoms with van der Waals surface area (Å²) in [5, 5.41) is 9.92. The second kappa shape index (κ2) is 6.24. The molecule has 0 aliphatic rings. The fourth-order valence-corrected chi connectivity index (χ4v) is 2.90. The van der Waals surface area contributed by atoms with E-state index in [1.165, 1.54) is 6.20 Å². The quantitative estimate of drug-likeness (QED) is 0.792. The van der Waals surface area contributed by atoms with Crippen molar-refractivity contribution in [3.05, 3.63) is 12.0 Å². The Bertz CT molecular complexity index is 530. The summed E-state index contributed by atoms with van der Waals surface area (Å²) in [5.41, 5.74) is -0.00750. The predicted molar refractivity (Wildman–Crippen MR) is 77.8 cm³/mol. The maximum Gasteiger partial charge on any atom is 0.259 e. The first-order valence-corrected chi connectivity index (χ1v) is 8.23. The van der Waals surface area contributed by atoms with E-state index in [2.05, 4.69) is 9.71 Å². The number of aliphatic hydroxyl groups is 1. The molecule has 116 valence electrons. The third kappa shape index (κ3) is 4.57. The van der Waals surface area contributed by atoms with Gasteiger partial charge in [-0.1, -0.05) is 27.2 Å². The average Bonchev–Trinajstić information content (AvgIpc) is 2.68. The van der Waals surface area contributed by atoms with Crippen LogP contribution in [0.15, 0.2) is 11.2 Å². The van der Waals surface area contributed by atoms with Crippen LogP contribution in [0.2, 0.25) is 0 Å². The molecule has 7 heteroatoms. The number of nitrogens with zero attached hydrogens (tertiary/aromatic N) is 2. The Balaban J connectivity index is 2.64. The summed E-state index contributed by atoms with van der Waals surface area (Å²) >= 11 is 0. The number of hydrogen-bond acceptors (Lipinski definition) is 4. The Hall–Kier alpha value is -0.920. The van der Waals surface area contributed by atoms with Crippen LogP contribution >= 0.6 is 0 Å². The molecule has 0 aliphatic carbocycles. The molecular weight excluding hydrogens is 278 g/mol. The van der Waals surface area contributed by atoms with Crippen molar-refractivity contribution in [1.29, 1.82) is 0 Å². The van der Waals surface area contributed by atoms with Gasteiger partial charge in [0, 0.05) is 19.8 Å². The zero-order valence-corrected chi connectivity index (χ0v) is 13.7. The summed E-state index contributed by atoms with van der Waals surface area (Å²) in [6.07, 6.45) is 2.23. The summed E-state index contributed by atoms with van der Waals surface area (Å²) in [4.78, 5) is 3.98. The number of nitrogens with one attached hydrogen (secondary N) is 1. The van der Waals surface area contributed by atoms with E-state index in [4.69, 9.17) is 0 Å². The molecule has 1 aromatic rings. The summed E-state index contributed by atoms with van der Waals surface area (Å²) in [6.45, 7) is 7.88. The lowest BCUT2D eigenvalue weighted by Gasteiger charge is -2.25. The van der Waals surface area contributed by atoms with Gasteiger partial charge in [0.1, 0.15) is 5.82 Å². The van der Waals surface area contributed by atoms with Crippen LogP contribution in [-0.4, -0.2) is 35.7 Å². The highest BCUT2D eigenvalue weighted by atomic mass is 32.2. The van der Waals surface area contributed by atoms with Crippen molar-refractivity contribution in [1.82, 2.24) is 14.3 Å². The highest BCUT2D eigenvalue weighted by Crippen LogP contribution is 2.25. The van der Waals surface area contributed by atoms with Gasteiger partial charge >= 0.3 is 0 Å². The van der Waals surface area contributed by atoms with Crippen molar-refractivity contribution in [2.45, 2.75) is 51.7 Å². The summed E-state index contributed by atoms with van der Waals surface area (Å²) in [5.74, 6) is 0.623. The fourth-order valence-electron chi connectivity index (χ4n) is 1.79. The minimum atomic E-state index is -3.66. The molecule has 0 bridgehead atoms. The molecule has 0 saturated carbocycles. The zero-order chi connectivity index (χ0) is 15.6. The van der Waals surface area contributed by atoms with Gasteiger partial charge in [-0.3, -0.25) is 0 Å². The number of aromatic nitrogens is 2. The normalized spacial score (nSPS) is 14.5. The molecule has 0 aromatic carbocycles. The maximum absolute atomic E-state index is 12.0. The van der Waals surface area contributed by atoms with Crippen LogP contribution in [0.5, 0.6) is 0 Å². The van der Waals surface area contributed by atoms with Gasteiger partial charge in [0.2, 0.25) is 0 Å². The molecule has 2 N–H and O–H groups in total. The van der Waals surface area contributed by atoms with Crippen molar-refractivity contribution in [3.8, 4) is 0 Å². The maximum atomic E-state index is 12.0. The van der Waals surface area contributed by atoms with E-state index in [1.54, 1.807) is 18.5 Å². The predicted octanol–water partition coefficient (Wildman–Crippen LogP) is 1.19. The number of sulfonamides is 1. The van der Waals surface area contributed by atoms with Crippen molar-refractivity contribution < 1.29 is 13.5 Å². The molecule has 20 heavy (non-hydrogen) atoms. The monoisotopic (exact) mass is 303 g/mol. The molecule has 0 saturated heterocycles. The largest absolute Gasteiger partial charge is 0.392 e. The van der Waals surface area contributed by atoms with Crippen LogP contribution in [0.4, 0.5) is 0 Å². The Morgan fingerprint density at radius 1 is 1.50 bits per heavy atom. The molecule has 1 atom stereocenters. The molecule has 0 fully saturated rings. The highest BCUT2D eigenvalue weighted by Gasteiger charge is 2.23. The summed E-state index contributed by atoms with van der Waals surface area (Å²) < 4.78 is 28.1. The summed E-state index contributed by atoms with van der Waals surface area (Å²) in [6, 6.07) is 0. The van der Waals surface area contributed by atoms with Gasteiger partial charge in [-0.05, 0) is 18.8 Å². The van der Waals surface area contributed by atoms with Gasteiger partial charge in [-0.2, -0.15) is 0 Å². The van der Waals surface area contributed by atoms with Crippen LogP contribution in [-0.2, 0) is 17.1 Å². The zero-order valence-electron chi connectivity index (χ0n) is 12.8. The van der Waals surface area contributed by atoms with Gasteiger partial charge in [-0.15, -0.1) is 0 Å². The average molecular weight is 303 g/mol. The molecule has 6 nitrogen and oxygen atoms in total. The lowest BCUT2D eigenvalue weighted by atomic mass is 9.84. The minimum Gasteiger partial charge on any atom is -0.392 e. The van der Waals surface area contributed by atoms with Crippen LogP contribution in [0.3, 0.4) is 0 Å². The van der Waals surface area contributed by atoms with Gasteiger partial charge in [-0.25, -0.2) is 18.1 Å². The third-order valence-electron chi connectivity index (χ3n) is 3.62. The van der Waals surface area contributed by atoms with E-state index in [0.29, 0.717) is 12.2 Å². The van der Waals surface area contributed by atoms with E-state index in [9.17, 15) is 13.5 Å². The Morgan fingerprint density at radius 3 is 2.55 bits per heavy atom. The lowest BCUT2D eigenvalue weighted by Crippen LogP contribution is -2.34. The summed E-state index contributed by atoms with van der Waals surface area (Å²) in [7, 11) is -1.93. The fraction of sp³-hybridized carbons (Fsp3) is 0.769. The van der Waals surface area contributed by atoms with Gasteiger partial charge in [0.05, 0.1) is 6.10 Å². The van der Waals surface area contributed by atoms with Crippen LogP contribution in [0, 0.1) is 12.3 Å². The highest BCUT2D eigenvalue weighted by molar-refractivity contribution is 7.89. The molecule has 1 heterocycles. The molecule has 1 unspecified atom stereocenters. The number of aryl methyl sites for hydroxylation is 2. The Morgan fingerprint density at radius 2 is 2.10 bits per heavy atom. The van der Waals surface area contributed by atoms with Crippen molar-refractivity contribution >= 4 is 10.0 Å². The smallest absolute Gasteiger partial charge is 0.259 e. The molecule has 0 spiro atoms. The molecule has 1 aromatic heterocycles. The first-order valence-electron chi connectivity index (χ1n) is 6.75. The third-order valence-corrected chi connectivity index (χ3v) is 4.91. The van der Waals surface area contributed by atoms with Crippen LogP contribution in [0.25, 0.3) is 0 Å². The van der Waals surface area contributed by atoms with E-state index in [0.717, 1.165) is 6.42 Å². The Kier molecular flexibility index (Phi) is 5.34. The first kappa shape index (κ1) is 17.1. The van der Waals surface area contributed by atoms with Crippen LogP contribution < -0.4 is 4.72 Å². The van der Waals surface area contributed by atoms with Crippen LogP contribution in [0.1, 0.15) is 39.4 Å². The van der Waals surface area contributed by atoms with Gasteiger partial charge in [0.25, 0.3) is 10.0 Å². The van der Waals surface area contributed by atoms with E-state index >= 15 is 0 Å². The van der Waals surface area contributed by atoms with Crippen molar-refractivity contribution in [3.63, 3.8) is 0 Å². The minimum absolute atomic E-state index is 0.00137. The number of hydrogen-bond donors (Lipinski definition) is 2. The Labute approximate surface area is 121 Å². The number of imidazole rings is 1. The topological polar surface area (TPSA) is 84.2 Å². The second-order valence-electron chi connectivity index (χ2n) is 5.96. The lowest BCUT2D eigenvalue weighted by molar-refractivity contribution is 0.115. The molecular formula is C13H25N3O3S. The van der Waals surface area contributed by atoms with E-state index in [1.807, 2.05) is 20.8 Å². The van der Waals surface area contributed by atoms with Crippen molar-refractivity contribution in [2.24, 2.45) is 12.5 Å². The standard InChI is InChI=1S/C13H25N3O3S/c1-6-13(3,4)7-11(17)8-14-20(18,19)12-9-16(5)10(2)15-12/h9,11,14,17H,6-8H2,1-5H3. The molecule has 0 radical (unpaired) electrons.